The molecule has 0 unspecified atom stereocenters. The van der Waals surface area contributed by atoms with Gasteiger partial charge in [-0.15, -0.1) is 0 Å². The monoisotopic (exact) mass is 333 g/mol. The Bertz CT molecular complexity index is 1010. The highest BCUT2D eigenvalue weighted by molar-refractivity contribution is 6.32. The largest absolute Gasteiger partial charge is 0.477 e. The van der Waals surface area contributed by atoms with Crippen LogP contribution in [-0.2, 0) is 13.0 Å². The second-order valence-corrected chi connectivity index (χ2v) is 5.87. The van der Waals surface area contributed by atoms with E-state index in [2.05, 4.69) is 0 Å². The van der Waals surface area contributed by atoms with Crippen molar-refractivity contribution in [3.05, 3.63) is 75.6 Å². The molecule has 0 bridgehead atoms. The van der Waals surface area contributed by atoms with E-state index in [-0.39, 0.29) is 18.7 Å². The molecule has 0 atom stereocenters. The number of hydrogen-bond acceptors (Lipinski definition) is 3. The maximum atomic E-state index is 12.5. The molecule has 3 aromatic rings. The first kappa shape index (κ1) is 17.0. The lowest BCUT2D eigenvalue weighted by molar-refractivity contribution is 0.0694. The molecule has 2 N–H and O–H groups in total. The SMILES string of the molecule is [B]c1cccc(Cc2ccc3c(c2)c(=O)c(C(=O)O)cn3CCO)c1. The normalized spacial score (nSPS) is 10.9. The van der Waals surface area contributed by atoms with Gasteiger partial charge in [0.1, 0.15) is 13.4 Å². The minimum Gasteiger partial charge on any atom is -0.477 e. The number of benzene rings is 2. The molecule has 2 aromatic carbocycles. The smallest absolute Gasteiger partial charge is 0.341 e. The lowest BCUT2D eigenvalue weighted by atomic mass is 9.92. The van der Waals surface area contributed by atoms with Crippen LogP contribution in [-0.4, -0.2) is 35.2 Å². The second kappa shape index (κ2) is 6.95. The summed E-state index contributed by atoms with van der Waals surface area (Å²) in [4.78, 5) is 23.9. The van der Waals surface area contributed by atoms with Crippen molar-refractivity contribution < 1.29 is 15.0 Å². The van der Waals surface area contributed by atoms with E-state index in [4.69, 9.17) is 7.85 Å². The minimum atomic E-state index is -1.28. The fourth-order valence-electron chi connectivity index (χ4n) is 2.94. The summed E-state index contributed by atoms with van der Waals surface area (Å²) in [5.74, 6) is -1.28. The van der Waals surface area contributed by atoms with Crippen molar-refractivity contribution in [2.24, 2.45) is 0 Å². The van der Waals surface area contributed by atoms with Gasteiger partial charge < -0.3 is 14.8 Å². The van der Waals surface area contributed by atoms with E-state index >= 15 is 0 Å². The standard InChI is InChI=1S/C19H16BNO4/c20-14-3-1-2-12(9-14)8-13-4-5-17-15(10-13)18(23)16(19(24)25)11-21(17)6-7-22/h1-5,9-11,22H,6-8H2,(H,24,25). The van der Waals surface area contributed by atoms with Gasteiger partial charge in [-0.25, -0.2) is 4.79 Å². The number of rotatable bonds is 5. The average molecular weight is 333 g/mol. The molecule has 2 radical (unpaired) electrons. The summed E-state index contributed by atoms with van der Waals surface area (Å²) in [6, 6.07) is 12.8. The van der Waals surface area contributed by atoms with Crippen LogP contribution in [0.15, 0.2) is 53.5 Å². The number of hydrogen-bond donors (Lipinski definition) is 2. The molecule has 0 saturated heterocycles. The van der Waals surface area contributed by atoms with E-state index in [0.717, 1.165) is 11.1 Å². The highest BCUT2D eigenvalue weighted by Gasteiger charge is 2.15. The molecule has 25 heavy (non-hydrogen) atoms. The van der Waals surface area contributed by atoms with Gasteiger partial charge in [-0.3, -0.25) is 4.79 Å². The minimum absolute atomic E-state index is 0.151. The Morgan fingerprint density at radius 1 is 1.12 bits per heavy atom. The number of aromatic carboxylic acids is 1. The van der Waals surface area contributed by atoms with Crippen LogP contribution in [0.1, 0.15) is 21.5 Å². The Balaban J connectivity index is 2.13. The van der Waals surface area contributed by atoms with Crippen LogP contribution in [0.2, 0.25) is 0 Å². The van der Waals surface area contributed by atoms with Gasteiger partial charge in [-0.1, -0.05) is 35.8 Å². The molecule has 0 aliphatic heterocycles. The summed E-state index contributed by atoms with van der Waals surface area (Å²) in [5, 5.41) is 18.8. The molecule has 5 nitrogen and oxygen atoms in total. The highest BCUT2D eigenvalue weighted by atomic mass is 16.4. The molecular weight excluding hydrogens is 317 g/mol. The third kappa shape index (κ3) is 3.49. The number of nitrogens with zero attached hydrogens (tertiary/aromatic N) is 1. The molecule has 0 fully saturated rings. The molecule has 1 heterocycles. The third-order valence-electron chi connectivity index (χ3n) is 4.08. The zero-order valence-electron chi connectivity index (χ0n) is 13.5. The van der Waals surface area contributed by atoms with Crippen molar-refractivity contribution in [1.29, 1.82) is 0 Å². The van der Waals surface area contributed by atoms with Crippen molar-refractivity contribution in [2.45, 2.75) is 13.0 Å². The molecule has 0 saturated carbocycles. The Hall–Kier alpha value is -2.86. The molecule has 0 aliphatic carbocycles. The molecule has 0 spiro atoms. The zero-order valence-corrected chi connectivity index (χ0v) is 13.5. The van der Waals surface area contributed by atoms with Gasteiger partial charge in [0.25, 0.3) is 0 Å². The van der Waals surface area contributed by atoms with Gasteiger partial charge in [-0.2, -0.15) is 0 Å². The first-order chi connectivity index (χ1) is 12.0. The number of aliphatic hydroxyl groups excluding tert-OH is 1. The number of pyridine rings is 1. The predicted molar refractivity (Wildman–Crippen MR) is 96.9 cm³/mol. The van der Waals surface area contributed by atoms with Crippen molar-refractivity contribution in [2.75, 3.05) is 6.61 Å². The fraction of sp³-hybridized carbons (Fsp3) is 0.158. The van der Waals surface area contributed by atoms with Gasteiger partial charge in [0.05, 0.1) is 12.1 Å². The van der Waals surface area contributed by atoms with Crippen LogP contribution in [0.25, 0.3) is 10.9 Å². The molecule has 3 rings (SSSR count). The zero-order chi connectivity index (χ0) is 18.0. The van der Waals surface area contributed by atoms with E-state index in [1.54, 1.807) is 22.8 Å². The van der Waals surface area contributed by atoms with Crippen molar-refractivity contribution >= 4 is 30.2 Å². The van der Waals surface area contributed by atoms with Gasteiger partial charge >= 0.3 is 5.97 Å². The summed E-state index contributed by atoms with van der Waals surface area (Å²) in [6.45, 7) is 0.0632. The lowest BCUT2D eigenvalue weighted by Gasteiger charge is -2.12. The van der Waals surface area contributed by atoms with E-state index in [9.17, 15) is 19.8 Å². The van der Waals surface area contributed by atoms with Crippen LogP contribution in [0.4, 0.5) is 0 Å². The van der Waals surface area contributed by atoms with Gasteiger partial charge in [0.2, 0.25) is 5.43 Å². The van der Waals surface area contributed by atoms with Crippen molar-refractivity contribution in [1.82, 2.24) is 4.57 Å². The number of fused-ring (bicyclic) bond motifs is 1. The topological polar surface area (TPSA) is 79.5 Å². The third-order valence-corrected chi connectivity index (χ3v) is 4.08. The first-order valence-electron chi connectivity index (χ1n) is 7.84. The van der Waals surface area contributed by atoms with E-state index in [1.807, 2.05) is 24.3 Å². The summed E-state index contributed by atoms with van der Waals surface area (Å²) < 4.78 is 1.59. The Morgan fingerprint density at radius 2 is 1.88 bits per heavy atom. The number of carboxylic acids is 1. The summed E-state index contributed by atoms with van der Waals surface area (Å²) in [7, 11) is 5.79. The number of aromatic nitrogens is 1. The van der Waals surface area contributed by atoms with Gasteiger partial charge in [-0.05, 0) is 29.7 Å². The molecule has 1 aromatic heterocycles. The van der Waals surface area contributed by atoms with E-state index in [1.165, 1.54) is 6.20 Å². The number of carboxylic acid groups (broad SMARTS) is 1. The maximum absolute atomic E-state index is 12.5. The van der Waals surface area contributed by atoms with E-state index in [0.29, 0.717) is 22.8 Å². The van der Waals surface area contributed by atoms with Crippen LogP contribution >= 0.6 is 0 Å². The van der Waals surface area contributed by atoms with Crippen molar-refractivity contribution in [3.8, 4) is 0 Å². The van der Waals surface area contributed by atoms with Gasteiger partial charge in [0, 0.05) is 18.1 Å². The maximum Gasteiger partial charge on any atom is 0.341 e. The highest BCUT2D eigenvalue weighted by Crippen LogP contribution is 2.17. The number of aliphatic hydroxyl groups is 1. The molecule has 0 aliphatic rings. The van der Waals surface area contributed by atoms with Crippen molar-refractivity contribution in [3.63, 3.8) is 0 Å². The predicted octanol–water partition coefficient (Wildman–Crippen LogP) is 1.08. The van der Waals surface area contributed by atoms with Crippen LogP contribution < -0.4 is 10.9 Å². The van der Waals surface area contributed by atoms with Gasteiger partial charge in [0.15, 0.2) is 0 Å². The fourth-order valence-corrected chi connectivity index (χ4v) is 2.94. The molecule has 0 amide bonds. The van der Waals surface area contributed by atoms with Crippen LogP contribution in [0.5, 0.6) is 0 Å². The Labute approximate surface area is 145 Å². The quantitative estimate of drug-likeness (QED) is 0.685. The summed E-state index contributed by atoms with van der Waals surface area (Å²) in [6.07, 6.45) is 1.86. The average Bonchev–Trinajstić information content (AvgIpc) is 2.57. The lowest BCUT2D eigenvalue weighted by Crippen LogP contribution is -2.20. The van der Waals surface area contributed by atoms with Crippen LogP contribution in [0.3, 0.4) is 0 Å². The van der Waals surface area contributed by atoms with Crippen LogP contribution in [0, 0.1) is 0 Å². The number of carbonyl (C=O) groups is 1. The molecular formula is C19H16BNO4. The second-order valence-electron chi connectivity index (χ2n) is 5.87. The van der Waals surface area contributed by atoms with E-state index < -0.39 is 11.4 Å². The summed E-state index contributed by atoms with van der Waals surface area (Å²) >= 11 is 0. The Morgan fingerprint density at radius 3 is 2.56 bits per heavy atom. The molecule has 6 heteroatoms. The first-order valence-corrected chi connectivity index (χ1v) is 7.84. The Kier molecular flexibility index (Phi) is 4.72. The summed E-state index contributed by atoms with van der Waals surface area (Å²) in [5.41, 5.74) is 2.32. The molecule has 124 valence electrons.